The first-order chi connectivity index (χ1) is 6.77. The van der Waals surface area contributed by atoms with Crippen molar-refractivity contribution >= 4 is 11.3 Å². The molecule has 0 aliphatic heterocycles. The van der Waals surface area contributed by atoms with Crippen LogP contribution in [0.3, 0.4) is 0 Å². The van der Waals surface area contributed by atoms with E-state index in [-0.39, 0.29) is 0 Å². The molecule has 14 heavy (non-hydrogen) atoms. The van der Waals surface area contributed by atoms with Gasteiger partial charge in [0, 0.05) is 17.5 Å². The average Bonchev–Trinajstić information content (AvgIpc) is 2.62. The lowest BCUT2D eigenvalue weighted by molar-refractivity contribution is 0.521. The first-order valence-corrected chi connectivity index (χ1v) is 6.14. The zero-order valence-corrected chi connectivity index (χ0v) is 9.86. The van der Waals surface area contributed by atoms with E-state index in [4.69, 9.17) is 5.73 Å². The smallest absolute Gasteiger partial charge is 0.0304 e. The third kappa shape index (κ3) is 3.40. The molecule has 0 aliphatic carbocycles. The lowest BCUT2D eigenvalue weighted by Crippen LogP contribution is -2.27. The van der Waals surface area contributed by atoms with Gasteiger partial charge < -0.3 is 11.1 Å². The summed E-state index contributed by atoms with van der Waals surface area (Å²) in [4.78, 5) is 1.47. The van der Waals surface area contributed by atoms with Gasteiger partial charge in [-0.1, -0.05) is 6.92 Å². The third-order valence-corrected chi connectivity index (χ3v) is 3.39. The van der Waals surface area contributed by atoms with Gasteiger partial charge in [-0.15, -0.1) is 11.3 Å². The Hall–Kier alpha value is -0.380. The molecule has 3 heteroatoms. The molecule has 0 radical (unpaired) electrons. The molecule has 1 aromatic heterocycles. The SMILES string of the molecule is CCc1ccsc1CNC(C)CCN. The lowest BCUT2D eigenvalue weighted by Gasteiger charge is -2.12. The molecule has 0 saturated heterocycles. The zero-order chi connectivity index (χ0) is 10.4. The quantitative estimate of drug-likeness (QED) is 0.758. The van der Waals surface area contributed by atoms with E-state index >= 15 is 0 Å². The van der Waals surface area contributed by atoms with E-state index in [0.717, 1.165) is 25.9 Å². The maximum Gasteiger partial charge on any atom is 0.0304 e. The third-order valence-electron chi connectivity index (χ3n) is 2.43. The van der Waals surface area contributed by atoms with Crippen LogP contribution < -0.4 is 11.1 Å². The minimum atomic E-state index is 0.520. The van der Waals surface area contributed by atoms with Crippen molar-refractivity contribution in [3.05, 3.63) is 21.9 Å². The molecule has 2 nitrogen and oxygen atoms in total. The highest BCUT2D eigenvalue weighted by Crippen LogP contribution is 2.17. The number of rotatable bonds is 6. The van der Waals surface area contributed by atoms with Crippen molar-refractivity contribution in [2.24, 2.45) is 5.73 Å². The Kier molecular flexibility index (Phi) is 5.15. The summed E-state index contributed by atoms with van der Waals surface area (Å²) in [6.45, 7) is 6.14. The van der Waals surface area contributed by atoms with Crippen LogP contribution >= 0.6 is 11.3 Å². The molecule has 80 valence electrons. The molecule has 1 aromatic rings. The second-order valence-electron chi connectivity index (χ2n) is 3.58. The van der Waals surface area contributed by atoms with Crippen LogP contribution in [-0.2, 0) is 13.0 Å². The van der Waals surface area contributed by atoms with Gasteiger partial charge in [0.2, 0.25) is 0 Å². The maximum absolute atomic E-state index is 5.50. The number of hydrogen-bond donors (Lipinski definition) is 2. The largest absolute Gasteiger partial charge is 0.330 e. The van der Waals surface area contributed by atoms with E-state index in [2.05, 4.69) is 30.6 Å². The fraction of sp³-hybridized carbons (Fsp3) is 0.636. The lowest BCUT2D eigenvalue weighted by atomic mass is 10.2. The van der Waals surface area contributed by atoms with Gasteiger partial charge in [-0.05, 0) is 43.3 Å². The Bertz CT molecular complexity index is 258. The highest BCUT2D eigenvalue weighted by atomic mass is 32.1. The van der Waals surface area contributed by atoms with E-state index in [0.29, 0.717) is 6.04 Å². The van der Waals surface area contributed by atoms with Crippen LogP contribution in [0, 0.1) is 0 Å². The van der Waals surface area contributed by atoms with Crippen LogP contribution in [0.2, 0.25) is 0 Å². The fourth-order valence-corrected chi connectivity index (χ4v) is 2.38. The van der Waals surface area contributed by atoms with Gasteiger partial charge >= 0.3 is 0 Å². The molecule has 0 aliphatic rings. The van der Waals surface area contributed by atoms with Crippen LogP contribution in [0.15, 0.2) is 11.4 Å². The van der Waals surface area contributed by atoms with Gasteiger partial charge in [0.05, 0.1) is 0 Å². The predicted octanol–water partition coefficient (Wildman–Crippen LogP) is 2.14. The van der Waals surface area contributed by atoms with Crippen molar-refractivity contribution in [1.29, 1.82) is 0 Å². The Morgan fingerprint density at radius 3 is 3.00 bits per heavy atom. The maximum atomic E-state index is 5.50. The van der Waals surface area contributed by atoms with Crippen LogP contribution in [-0.4, -0.2) is 12.6 Å². The number of nitrogens with two attached hydrogens (primary N) is 1. The highest BCUT2D eigenvalue weighted by molar-refractivity contribution is 7.10. The van der Waals surface area contributed by atoms with Crippen LogP contribution in [0.4, 0.5) is 0 Å². The van der Waals surface area contributed by atoms with Crippen molar-refractivity contribution in [3.63, 3.8) is 0 Å². The minimum absolute atomic E-state index is 0.520. The second-order valence-corrected chi connectivity index (χ2v) is 4.58. The first-order valence-electron chi connectivity index (χ1n) is 5.26. The average molecular weight is 212 g/mol. The van der Waals surface area contributed by atoms with Gasteiger partial charge in [-0.2, -0.15) is 0 Å². The van der Waals surface area contributed by atoms with Crippen LogP contribution in [0.5, 0.6) is 0 Å². The Morgan fingerprint density at radius 1 is 1.57 bits per heavy atom. The molecule has 1 unspecified atom stereocenters. The van der Waals surface area contributed by atoms with Gasteiger partial charge in [0.1, 0.15) is 0 Å². The molecule has 3 N–H and O–H groups in total. The molecule has 0 bridgehead atoms. The van der Waals surface area contributed by atoms with Crippen LogP contribution in [0.25, 0.3) is 0 Å². The molecular weight excluding hydrogens is 192 g/mol. The molecule has 0 saturated carbocycles. The number of aryl methyl sites for hydroxylation is 1. The first kappa shape index (κ1) is 11.7. The second kappa shape index (κ2) is 6.17. The molecule has 0 spiro atoms. The minimum Gasteiger partial charge on any atom is -0.330 e. The van der Waals surface area contributed by atoms with Gasteiger partial charge in [-0.3, -0.25) is 0 Å². The van der Waals surface area contributed by atoms with Gasteiger partial charge in [0.15, 0.2) is 0 Å². The predicted molar refractivity (Wildman–Crippen MR) is 63.7 cm³/mol. The number of thiophene rings is 1. The van der Waals surface area contributed by atoms with Crippen molar-refractivity contribution in [3.8, 4) is 0 Å². The fourth-order valence-electron chi connectivity index (χ4n) is 1.46. The van der Waals surface area contributed by atoms with E-state index < -0.39 is 0 Å². The van der Waals surface area contributed by atoms with Crippen molar-refractivity contribution in [2.45, 2.75) is 39.3 Å². The molecule has 1 rings (SSSR count). The summed E-state index contributed by atoms with van der Waals surface area (Å²) in [7, 11) is 0. The summed E-state index contributed by atoms with van der Waals surface area (Å²) in [6, 6.07) is 2.74. The van der Waals surface area contributed by atoms with Crippen molar-refractivity contribution in [2.75, 3.05) is 6.54 Å². The molecule has 0 amide bonds. The Morgan fingerprint density at radius 2 is 2.36 bits per heavy atom. The molecule has 0 aromatic carbocycles. The van der Waals surface area contributed by atoms with E-state index in [1.807, 2.05) is 11.3 Å². The standard InChI is InChI=1S/C11H20N2S/c1-3-10-5-7-14-11(10)8-13-9(2)4-6-12/h5,7,9,13H,3-4,6,8,12H2,1-2H3. The van der Waals surface area contributed by atoms with Crippen molar-refractivity contribution in [1.82, 2.24) is 5.32 Å². The summed E-state index contributed by atoms with van der Waals surface area (Å²) >= 11 is 1.84. The zero-order valence-electron chi connectivity index (χ0n) is 9.05. The Labute approximate surface area is 90.5 Å². The summed E-state index contributed by atoms with van der Waals surface area (Å²) in [6.07, 6.45) is 2.18. The molecule has 1 atom stereocenters. The summed E-state index contributed by atoms with van der Waals surface area (Å²) < 4.78 is 0. The molecule has 1 heterocycles. The van der Waals surface area contributed by atoms with E-state index in [9.17, 15) is 0 Å². The summed E-state index contributed by atoms with van der Waals surface area (Å²) in [5.41, 5.74) is 6.97. The van der Waals surface area contributed by atoms with Gasteiger partial charge in [0.25, 0.3) is 0 Å². The topological polar surface area (TPSA) is 38.0 Å². The summed E-state index contributed by atoms with van der Waals surface area (Å²) in [5.74, 6) is 0. The molecular formula is C11H20N2S. The molecule has 0 fully saturated rings. The monoisotopic (exact) mass is 212 g/mol. The summed E-state index contributed by atoms with van der Waals surface area (Å²) in [5, 5.41) is 5.66. The van der Waals surface area contributed by atoms with Gasteiger partial charge in [-0.25, -0.2) is 0 Å². The normalized spacial score (nSPS) is 13.1. The van der Waals surface area contributed by atoms with E-state index in [1.54, 1.807) is 0 Å². The Balaban J connectivity index is 2.37. The van der Waals surface area contributed by atoms with E-state index in [1.165, 1.54) is 10.4 Å². The number of nitrogens with one attached hydrogen (secondary N) is 1. The van der Waals surface area contributed by atoms with Crippen molar-refractivity contribution < 1.29 is 0 Å². The number of hydrogen-bond acceptors (Lipinski definition) is 3. The van der Waals surface area contributed by atoms with Crippen LogP contribution in [0.1, 0.15) is 30.7 Å². The highest BCUT2D eigenvalue weighted by Gasteiger charge is 2.04.